The van der Waals surface area contributed by atoms with E-state index in [9.17, 15) is 18.0 Å². The maximum Gasteiger partial charge on any atom is 0.435 e. The molecule has 0 bridgehead atoms. The Hall–Kier alpha value is -2.25. The Kier molecular flexibility index (Phi) is 5.83. The number of methoxy groups -OCH3 is 1. The van der Waals surface area contributed by atoms with Crippen LogP contribution in [0.2, 0.25) is 10.0 Å². The summed E-state index contributed by atoms with van der Waals surface area (Å²) in [6, 6.07) is 8.31. The number of oxime groups is 1. The zero-order valence-electron chi connectivity index (χ0n) is 15.4. The predicted molar refractivity (Wildman–Crippen MR) is 104 cm³/mol. The Balaban J connectivity index is 2.02. The van der Waals surface area contributed by atoms with Crippen molar-refractivity contribution >= 4 is 34.9 Å². The largest absolute Gasteiger partial charge is 0.465 e. The Labute approximate surface area is 175 Å². The van der Waals surface area contributed by atoms with Crippen LogP contribution < -0.4 is 0 Å². The summed E-state index contributed by atoms with van der Waals surface area (Å²) in [5.74, 6) is -0.517. The second kappa shape index (κ2) is 7.88. The van der Waals surface area contributed by atoms with Gasteiger partial charge in [0.15, 0.2) is 0 Å². The molecular formula is C20H16Cl2F3NO3. The van der Waals surface area contributed by atoms with Gasteiger partial charge in [0.1, 0.15) is 0 Å². The summed E-state index contributed by atoms with van der Waals surface area (Å²) in [6.45, 7) is 1.83. The lowest BCUT2D eigenvalue weighted by Crippen LogP contribution is -2.42. The van der Waals surface area contributed by atoms with Crippen LogP contribution in [-0.2, 0) is 21.6 Å². The molecule has 1 atom stereocenters. The third-order valence-electron chi connectivity index (χ3n) is 4.74. The molecule has 0 N–H and O–H groups in total. The van der Waals surface area contributed by atoms with Gasteiger partial charge in [0.05, 0.1) is 18.4 Å². The average Bonchev–Trinajstić information content (AvgIpc) is 3.13. The minimum Gasteiger partial charge on any atom is -0.465 e. The van der Waals surface area contributed by atoms with E-state index in [0.717, 1.165) is 12.1 Å². The van der Waals surface area contributed by atoms with Gasteiger partial charge in [-0.1, -0.05) is 41.3 Å². The average molecular weight is 446 g/mol. The summed E-state index contributed by atoms with van der Waals surface area (Å²) < 4.78 is 46.9. The van der Waals surface area contributed by atoms with E-state index in [1.807, 2.05) is 6.92 Å². The summed E-state index contributed by atoms with van der Waals surface area (Å²) in [4.78, 5) is 16.9. The first-order valence-electron chi connectivity index (χ1n) is 8.61. The van der Waals surface area contributed by atoms with Crippen molar-refractivity contribution < 1.29 is 27.5 Å². The van der Waals surface area contributed by atoms with Gasteiger partial charge in [0.2, 0.25) is 0 Å². The van der Waals surface area contributed by atoms with Crippen molar-refractivity contribution in [2.45, 2.75) is 31.5 Å². The van der Waals surface area contributed by atoms with E-state index in [0.29, 0.717) is 23.1 Å². The summed E-state index contributed by atoms with van der Waals surface area (Å²) in [7, 11) is 1.26. The number of halogens is 5. The lowest BCUT2D eigenvalue weighted by molar-refractivity contribution is -0.275. The first-order valence-corrected chi connectivity index (χ1v) is 9.37. The van der Waals surface area contributed by atoms with Crippen LogP contribution in [0.3, 0.4) is 0 Å². The molecule has 29 heavy (non-hydrogen) atoms. The van der Waals surface area contributed by atoms with Crippen LogP contribution in [0.5, 0.6) is 0 Å². The van der Waals surface area contributed by atoms with E-state index in [2.05, 4.69) is 5.16 Å². The molecular weight excluding hydrogens is 430 g/mol. The standard InChI is InChI=1S/C20H16Cl2F3NO3/c1-3-11-6-12(4-5-16(11)18(27)28-2)17-10-19(29-26-17,20(23,24)25)13-7-14(21)9-15(22)8-13/h4-9H,3,10H2,1-2H3. The van der Waals surface area contributed by atoms with Gasteiger partial charge in [0.25, 0.3) is 5.60 Å². The highest BCUT2D eigenvalue weighted by molar-refractivity contribution is 6.34. The summed E-state index contributed by atoms with van der Waals surface area (Å²) in [5, 5.41) is 3.84. The lowest BCUT2D eigenvalue weighted by atomic mass is 9.86. The van der Waals surface area contributed by atoms with Gasteiger partial charge in [-0.15, -0.1) is 0 Å². The van der Waals surface area contributed by atoms with E-state index in [1.165, 1.54) is 25.3 Å². The van der Waals surface area contributed by atoms with Gasteiger partial charge in [-0.25, -0.2) is 4.79 Å². The van der Waals surface area contributed by atoms with Crippen molar-refractivity contribution in [1.29, 1.82) is 0 Å². The van der Waals surface area contributed by atoms with Gasteiger partial charge in [-0.3, -0.25) is 0 Å². The quantitative estimate of drug-likeness (QED) is 0.548. The number of carbonyl (C=O) groups excluding carboxylic acids is 1. The van der Waals surface area contributed by atoms with E-state index >= 15 is 0 Å². The fourth-order valence-corrected chi connectivity index (χ4v) is 3.75. The molecule has 0 saturated heterocycles. The molecule has 1 unspecified atom stereocenters. The monoisotopic (exact) mass is 445 g/mol. The first-order chi connectivity index (χ1) is 13.6. The Morgan fingerprint density at radius 3 is 2.41 bits per heavy atom. The minimum atomic E-state index is -4.77. The van der Waals surface area contributed by atoms with Gasteiger partial charge in [-0.05, 0) is 47.9 Å². The number of benzene rings is 2. The van der Waals surface area contributed by atoms with Crippen LogP contribution in [0.25, 0.3) is 0 Å². The summed E-state index contributed by atoms with van der Waals surface area (Å²) in [5.41, 5.74) is -1.43. The Morgan fingerprint density at radius 2 is 1.86 bits per heavy atom. The molecule has 0 saturated carbocycles. The molecule has 0 fully saturated rings. The number of esters is 1. The molecule has 0 amide bonds. The maximum atomic E-state index is 14.1. The van der Waals surface area contributed by atoms with Crippen molar-refractivity contribution in [3.05, 3.63) is 68.7 Å². The van der Waals surface area contributed by atoms with Crippen LogP contribution >= 0.6 is 23.2 Å². The second-order valence-electron chi connectivity index (χ2n) is 6.51. The normalized spacial score (nSPS) is 18.9. The molecule has 0 spiro atoms. The van der Waals surface area contributed by atoms with Crippen molar-refractivity contribution in [2.75, 3.05) is 7.11 Å². The van der Waals surface area contributed by atoms with Crippen LogP contribution in [0.15, 0.2) is 41.6 Å². The fraction of sp³-hybridized carbons (Fsp3) is 0.300. The highest BCUT2D eigenvalue weighted by Gasteiger charge is 2.62. The van der Waals surface area contributed by atoms with Gasteiger partial charge in [0, 0.05) is 22.0 Å². The van der Waals surface area contributed by atoms with E-state index in [4.69, 9.17) is 32.8 Å². The van der Waals surface area contributed by atoms with Gasteiger partial charge in [-0.2, -0.15) is 13.2 Å². The predicted octanol–water partition coefficient (Wildman–Crippen LogP) is 5.92. The molecule has 1 heterocycles. The van der Waals surface area contributed by atoms with Crippen LogP contribution in [0, 0.1) is 0 Å². The number of hydrogen-bond acceptors (Lipinski definition) is 4. The van der Waals surface area contributed by atoms with Crippen LogP contribution in [0.4, 0.5) is 13.2 Å². The van der Waals surface area contributed by atoms with Crippen molar-refractivity contribution in [1.82, 2.24) is 0 Å². The van der Waals surface area contributed by atoms with Crippen molar-refractivity contribution in [3.8, 4) is 0 Å². The lowest BCUT2D eigenvalue weighted by Gasteiger charge is -2.29. The molecule has 1 aliphatic heterocycles. The maximum absolute atomic E-state index is 14.1. The Bertz CT molecular complexity index is 971. The number of rotatable bonds is 4. The third kappa shape index (κ3) is 3.94. The van der Waals surface area contributed by atoms with Crippen LogP contribution in [-0.4, -0.2) is 25.0 Å². The topological polar surface area (TPSA) is 47.9 Å². The number of aryl methyl sites for hydroxylation is 1. The first kappa shape index (κ1) is 21.5. The number of carbonyl (C=O) groups is 1. The number of alkyl halides is 3. The highest BCUT2D eigenvalue weighted by atomic mass is 35.5. The fourth-order valence-electron chi connectivity index (χ4n) is 3.22. The molecule has 4 nitrogen and oxygen atoms in total. The second-order valence-corrected chi connectivity index (χ2v) is 7.38. The minimum absolute atomic E-state index is 0.0591. The SMILES string of the molecule is CCc1cc(C2=NOC(c3cc(Cl)cc(Cl)c3)(C(F)(F)F)C2)ccc1C(=O)OC. The zero-order valence-corrected chi connectivity index (χ0v) is 17.0. The summed E-state index contributed by atoms with van der Waals surface area (Å²) >= 11 is 11.8. The molecule has 3 rings (SSSR count). The van der Waals surface area contributed by atoms with Crippen LogP contribution in [0.1, 0.15) is 40.4 Å². The highest BCUT2D eigenvalue weighted by Crippen LogP contribution is 2.49. The molecule has 2 aromatic rings. The Morgan fingerprint density at radius 1 is 1.21 bits per heavy atom. The molecule has 154 valence electrons. The number of ether oxygens (including phenoxy) is 1. The smallest absolute Gasteiger partial charge is 0.435 e. The molecule has 0 radical (unpaired) electrons. The number of nitrogens with zero attached hydrogens (tertiary/aromatic N) is 1. The molecule has 0 aromatic heterocycles. The summed E-state index contributed by atoms with van der Waals surface area (Å²) in [6.07, 6.45) is -4.85. The molecule has 2 aromatic carbocycles. The van der Waals surface area contributed by atoms with Crippen molar-refractivity contribution in [2.24, 2.45) is 5.16 Å². The molecule has 0 aliphatic carbocycles. The molecule has 9 heteroatoms. The van der Waals surface area contributed by atoms with E-state index in [1.54, 1.807) is 6.07 Å². The van der Waals surface area contributed by atoms with Gasteiger partial charge < -0.3 is 9.57 Å². The van der Waals surface area contributed by atoms with E-state index < -0.39 is 24.2 Å². The zero-order chi connectivity index (χ0) is 21.4. The number of hydrogen-bond donors (Lipinski definition) is 0. The third-order valence-corrected chi connectivity index (χ3v) is 5.18. The van der Waals surface area contributed by atoms with Gasteiger partial charge >= 0.3 is 12.1 Å². The molecule has 1 aliphatic rings. The van der Waals surface area contributed by atoms with Crippen molar-refractivity contribution in [3.63, 3.8) is 0 Å². The van der Waals surface area contributed by atoms with E-state index in [-0.39, 0.29) is 21.3 Å².